The van der Waals surface area contributed by atoms with E-state index in [0.29, 0.717) is 28.6 Å². The fourth-order valence-corrected chi connectivity index (χ4v) is 4.47. The summed E-state index contributed by atoms with van der Waals surface area (Å²) in [5.41, 5.74) is 6.45. The van der Waals surface area contributed by atoms with Gasteiger partial charge in [0.25, 0.3) is 0 Å². The summed E-state index contributed by atoms with van der Waals surface area (Å²) in [7, 11) is 0. The Morgan fingerprint density at radius 3 is 2.92 bits per heavy atom. The molecule has 0 aliphatic heterocycles. The van der Waals surface area contributed by atoms with Crippen LogP contribution in [0, 0.1) is 17.8 Å². The highest BCUT2D eigenvalue weighted by atomic mass is 35.5. The summed E-state index contributed by atoms with van der Waals surface area (Å²) in [4.78, 5) is 20.6. The molecule has 4 atom stereocenters. The van der Waals surface area contributed by atoms with Crippen LogP contribution in [0.5, 0.6) is 0 Å². The van der Waals surface area contributed by atoms with E-state index in [0.717, 1.165) is 31.5 Å². The summed E-state index contributed by atoms with van der Waals surface area (Å²) in [6, 6.07) is -0.0191. The molecular formula is C17H22ClN7O. The number of carbonyl (C=O) groups excluding carboxylic acids is 1. The quantitative estimate of drug-likeness (QED) is 0.715. The highest BCUT2D eigenvalue weighted by Crippen LogP contribution is 2.49. The highest BCUT2D eigenvalue weighted by Gasteiger charge is 2.50. The molecule has 1 amide bonds. The van der Waals surface area contributed by atoms with E-state index in [4.69, 9.17) is 17.3 Å². The molecule has 0 spiro atoms. The van der Waals surface area contributed by atoms with Gasteiger partial charge in [-0.3, -0.25) is 9.48 Å². The molecule has 26 heavy (non-hydrogen) atoms. The van der Waals surface area contributed by atoms with Crippen molar-refractivity contribution in [2.24, 2.45) is 23.5 Å². The zero-order chi connectivity index (χ0) is 18.3. The molecule has 4 rings (SSSR count). The van der Waals surface area contributed by atoms with Crippen LogP contribution in [0.3, 0.4) is 0 Å². The van der Waals surface area contributed by atoms with Crippen LogP contribution in [0.2, 0.25) is 5.02 Å². The van der Waals surface area contributed by atoms with Crippen molar-refractivity contribution in [2.45, 2.75) is 38.8 Å². The topological polar surface area (TPSA) is 111 Å². The first-order valence-corrected chi connectivity index (χ1v) is 9.30. The largest absolute Gasteiger partial charge is 0.369 e. The van der Waals surface area contributed by atoms with Gasteiger partial charge in [0.1, 0.15) is 5.02 Å². The number of aryl methyl sites for hydroxylation is 1. The number of fused-ring (bicyclic) bond motifs is 2. The lowest BCUT2D eigenvalue weighted by Crippen LogP contribution is -2.42. The number of nitrogens with one attached hydrogen (secondary N) is 2. The highest BCUT2D eigenvalue weighted by molar-refractivity contribution is 6.32. The van der Waals surface area contributed by atoms with Crippen LogP contribution in [0.1, 0.15) is 26.2 Å². The Balaban J connectivity index is 1.54. The minimum absolute atomic E-state index is 0.0191. The monoisotopic (exact) mass is 375 g/mol. The summed E-state index contributed by atoms with van der Waals surface area (Å²) in [6.45, 7) is 2.80. The Hall–Kier alpha value is -2.35. The van der Waals surface area contributed by atoms with E-state index >= 15 is 0 Å². The van der Waals surface area contributed by atoms with Crippen LogP contribution in [0.4, 0.5) is 17.5 Å². The van der Waals surface area contributed by atoms with E-state index in [-0.39, 0.29) is 17.9 Å². The van der Waals surface area contributed by atoms with Gasteiger partial charge < -0.3 is 16.4 Å². The Morgan fingerprint density at radius 1 is 1.38 bits per heavy atom. The van der Waals surface area contributed by atoms with Crippen LogP contribution in [0.15, 0.2) is 18.6 Å². The third kappa shape index (κ3) is 3.09. The molecule has 0 aromatic carbocycles. The SMILES string of the molecule is CCn1cc(Nc2ncc(Cl)c(N[C@@H]3[C@@H]4CC[C@@H](C4)[C@@H]3C(N)=O)n2)cn1. The average Bonchev–Trinajstić information content (AvgIpc) is 3.33. The molecule has 9 heteroatoms. The number of rotatable bonds is 6. The van der Waals surface area contributed by atoms with E-state index in [1.807, 2.05) is 17.8 Å². The minimum atomic E-state index is -0.245. The van der Waals surface area contributed by atoms with Gasteiger partial charge in [-0.1, -0.05) is 11.6 Å². The molecule has 2 aromatic rings. The first kappa shape index (κ1) is 17.1. The fourth-order valence-electron chi connectivity index (χ4n) is 4.33. The number of halogens is 1. The summed E-state index contributed by atoms with van der Waals surface area (Å²) in [5.74, 6) is 1.34. The zero-order valence-electron chi connectivity index (χ0n) is 14.5. The summed E-state index contributed by atoms with van der Waals surface area (Å²) in [6.07, 6.45) is 8.36. The van der Waals surface area contributed by atoms with Gasteiger partial charge in [-0.2, -0.15) is 10.1 Å². The molecule has 0 unspecified atom stereocenters. The summed E-state index contributed by atoms with van der Waals surface area (Å²) >= 11 is 6.29. The molecule has 2 saturated carbocycles. The molecule has 2 fully saturated rings. The van der Waals surface area contributed by atoms with Crippen molar-refractivity contribution < 1.29 is 4.79 Å². The standard InChI is InChI=1S/C17H22ClN7O/c1-2-25-8-11(6-21-25)22-17-20-7-12(18)16(24-17)23-14-10-4-3-9(5-10)13(14)15(19)26/h6-10,13-14H,2-5H2,1H3,(H2,19,26)(H2,20,22,23,24)/t9-,10+,13-,14+/m0/s1. The van der Waals surface area contributed by atoms with E-state index in [1.165, 1.54) is 0 Å². The van der Waals surface area contributed by atoms with Gasteiger partial charge in [0.2, 0.25) is 11.9 Å². The van der Waals surface area contributed by atoms with Crippen LogP contribution in [-0.2, 0) is 11.3 Å². The van der Waals surface area contributed by atoms with Crippen LogP contribution in [0.25, 0.3) is 0 Å². The van der Waals surface area contributed by atoms with E-state index < -0.39 is 0 Å². The van der Waals surface area contributed by atoms with Gasteiger partial charge in [-0.15, -0.1) is 0 Å². The smallest absolute Gasteiger partial charge is 0.229 e. The Bertz CT molecular complexity index is 823. The molecule has 8 nitrogen and oxygen atoms in total. The van der Waals surface area contributed by atoms with Gasteiger partial charge in [-0.05, 0) is 38.0 Å². The number of anilines is 3. The third-order valence-electron chi connectivity index (χ3n) is 5.51. The summed E-state index contributed by atoms with van der Waals surface area (Å²) in [5, 5.41) is 11.1. The molecule has 138 valence electrons. The lowest BCUT2D eigenvalue weighted by Gasteiger charge is -2.30. The number of hydrogen-bond donors (Lipinski definition) is 3. The van der Waals surface area contributed by atoms with Crippen LogP contribution >= 0.6 is 11.6 Å². The number of aromatic nitrogens is 4. The fraction of sp³-hybridized carbons (Fsp3) is 0.529. The van der Waals surface area contributed by atoms with Gasteiger partial charge in [0.05, 0.1) is 24.0 Å². The van der Waals surface area contributed by atoms with E-state index in [9.17, 15) is 4.79 Å². The number of primary amides is 1. The number of nitrogens with zero attached hydrogens (tertiary/aromatic N) is 4. The number of amides is 1. The molecule has 4 N–H and O–H groups in total. The molecular weight excluding hydrogens is 354 g/mol. The second-order valence-corrected chi connectivity index (χ2v) is 7.44. The second-order valence-electron chi connectivity index (χ2n) is 7.03. The Labute approximate surface area is 156 Å². The first-order valence-electron chi connectivity index (χ1n) is 8.93. The second kappa shape index (κ2) is 6.75. The Kier molecular flexibility index (Phi) is 4.44. The van der Waals surface area contributed by atoms with Gasteiger partial charge in [0.15, 0.2) is 5.82 Å². The van der Waals surface area contributed by atoms with Crippen molar-refractivity contribution in [3.05, 3.63) is 23.6 Å². The maximum absolute atomic E-state index is 11.9. The normalized spacial score (nSPS) is 26.8. The van der Waals surface area contributed by atoms with Crippen molar-refractivity contribution in [3.8, 4) is 0 Å². The maximum atomic E-state index is 11.9. The maximum Gasteiger partial charge on any atom is 0.229 e. The van der Waals surface area contributed by atoms with Gasteiger partial charge >= 0.3 is 0 Å². The molecule has 0 saturated heterocycles. The van der Waals surface area contributed by atoms with Crippen molar-refractivity contribution in [1.82, 2.24) is 19.7 Å². The molecule has 0 radical (unpaired) electrons. The number of nitrogens with two attached hydrogens (primary N) is 1. The summed E-state index contributed by atoms with van der Waals surface area (Å²) < 4.78 is 1.81. The van der Waals surface area contributed by atoms with Gasteiger partial charge in [-0.25, -0.2) is 4.98 Å². The molecule has 2 aliphatic rings. The average molecular weight is 376 g/mol. The van der Waals surface area contributed by atoms with Crippen molar-refractivity contribution in [3.63, 3.8) is 0 Å². The predicted molar refractivity (Wildman–Crippen MR) is 99.2 cm³/mol. The van der Waals surface area contributed by atoms with Crippen LogP contribution in [-0.4, -0.2) is 31.7 Å². The molecule has 2 aromatic heterocycles. The molecule has 2 aliphatic carbocycles. The Morgan fingerprint density at radius 2 is 2.19 bits per heavy atom. The van der Waals surface area contributed by atoms with Crippen molar-refractivity contribution in [2.75, 3.05) is 10.6 Å². The van der Waals surface area contributed by atoms with E-state index in [2.05, 4.69) is 25.7 Å². The molecule has 2 bridgehead atoms. The lowest BCUT2D eigenvalue weighted by atomic mass is 9.84. The van der Waals surface area contributed by atoms with Crippen molar-refractivity contribution in [1.29, 1.82) is 0 Å². The first-order chi connectivity index (χ1) is 12.5. The predicted octanol–water partition coefficient (Wildman–Crippen LogP) is 2.40. The van der Waals surface area contributed by atoms with Crippen molar-refractivity contribution >= 4 is 35.0 Å². The lowest BCUT2D eigenvalue weighted by molar-refractivity contribution is -0.123. The molecule has 2 heterocycles. The third-order valence-corrected chi connectivity index (χ3v) is 5.78. The van der Waals surface area contributed by atoms with Crippen LogP contribution < -0.4 is 16.4 Å². The van der Waals surface area contributed by atoms with Gasteiger partial charge in [0, 0.05) is 18.8 Å². The zero-order valence-corrected chi connectivity index (χ0v) is 15.3. The van der Waals surface area contributed by atoms with E-state index in [1.54, 1.807) is 12.4 Å². The minimum Gasteiger partial charge on any atom is -0.369 e. The number of hydrogen-bond acceptors (Lipinski definition) is 6. The number of carbonyl (C=O) groups is 1.